The minimum atomic E-state index is -0.794. The van der Waals surface area contributed by atoms with E-state index in [2.05, 4.69) is 4.98 Å². The highest BCUT2D eigenvalue weighted by molar-refractivity contribution is 5.85. The molecule has 1 aromatic carbocycles. The van der Waals surface area contributed by atoms with E-state index >= 15 is 0 Å². The van der Waals surface area contributed by atoms with Crippen LogP contribution in [0.15, 0.2) is 29.1 Å². The van der Waals surface area contributed by atoms with Gasteiger partial charge in [-0.05, 0) is 31.9 Å². The summed E-state index contributed by atoms with van der Waals surface area (Å²) in [5.74, 6) is -0.794. The third-order valence-electron chi connectivity index (χ3n) is 4.39. The van der Waals surface area contributed by atoms with Gasteiger partial charge in [0.25, 0.3) is 0 Å². The van der Waals surface area contributed by atoms with Gasteiger partial charge in [0.2, 0.25) is 0 Å². The third-order valence-corrected chi connectivity index (χ3v) is 4.39. The molecule has 1 aromatic heterocycles. The van der Waals surface area contributed by atoms with Crippen molar-refractivity contribution >= 4 is 29.4 Å². The number of piperidine rings is 1. The van der Waals surface area contributed by atoms with Gasteiger partial charge in [-0.25, -0.2) is 4.79 Å². The maximum Gasteiger partial charge on any atom is 0.326 e. The fourth-order valence-corrected chi connectivity index (χ4v) is 3.12. The number of hydrogen-bond acceptors (Lipinski definition) is 3. The number of para-hydroxylation sites is 2. The number of aromatic amines is 1. The summed E-state index contributed by atoms with van der Waals surface area (Å²) in [6.45, 7) is 3.11. The first-order valence-electron chi connectivity index (χ1n) is 7.24. The van der Waals surface area contributed by atoms with Gasteiger partial charge in [-0.3, -0.25) is 14.3 Å². The van der Waals surface area contributed by atoms with Crippen LogP contribution in [-0.4, -0.2) is 44.7 Å². The summed E-state index contributed by atoms with van der Waals surface area (Å²) in [4.78, 5) is 28.0. The highest BCUT2D eigenvalue weighted by Gasteiger charge is 2.28. The van der Waals surface area contributed by atoms with Gasteiger partial charge < -0.3 is 10.1 Å². The molecule has 120 valence electrons. The van der Waals surface area contributed by atoms with Gasteiger partial charge in [0, 0.05) is 19.1 Å². The number of halogens is 1. The normalized spacial score (nSPS) is 18.0. The molecule has 2 aromatic rings. The van der Waals surface area contributed by atoms with Crippen molar-refractivity contribution in [2.75, 3.05) is 13.1 Å². The van der Waals surface area contributed by atoms with E-state index in [-0.39, 0.29) is 24.1 Å². The molecule has 1 unspecified atom stereocenters. The number of nitrogens with one attached hydrogen (secondary N) is 1. The van der Waals surface area contributed by atoms with Crippen LogP contribution >= 0.6 is 12.4 Å². The number of benzene rings is 1. The third kappa shape index (κ3) is 2.89. The largest absolute Gasteiger partial charge is 0.480 e. The lowest BCUT2D eigenvalue weighted by atomic mass is 10.0. The highest BCUT2D eigenvalue weighted by atomic mass is 35.5. The Morgan fingerprint density at radius 1 is 1.32 bits per heavy atom. The van der Waals surface area contributed by atoms with E-state index in [9.17, 15) is 9.59 Å². The fourth-order valence-electron chi connectivity index (χ4n) is 3.12. The molecule has 3 rings (SSSR count). The van der Waals surface area contributed by atoms with Crippen LogP contribution in [0.3, 0.4) is 0 Å². The van der Waals surface area contributed by atoms with Crippen LogP contribution in [0.4, 0.5) is 0 Å². The van der Waals surface area contributed by atoms with E-state index in [1.807, 2.05) is 33.7 Å². The Morgan fingerprint density at radius 2 is 1.95 bits per heavy atom. The van der Waals surface area contributed by atoms with Crippen molar-refractivity contribution in [3.63, 3.8) is 0 Å². The molecule has 1 atom stereocenters. The maximum atomic E-state index is 12.2. The van der Waals surface area contributed by atoms with E-state index in [1.165, 1.54) is 0 Å². The summed E-state index contributed by atoms with van der Waals surface area (Å²) >= 11 is 0. The van der Waals surface area contributed by atoms with Crippen molar-refractivity contribution in [2.24, 2.45) is 0 Å². The Kier molecular flexibility index (Phi) is 4.93. The lowest BCUT2D eigenvalue weighted by molar-refractivity contribution is -0.143. The number of rotatable bonds is 3. The van der Waals surface area contributed by atoms with Crippen LogP contribution < -0.4 is 5.69 Å². The molecular weight excluding hydrogens is 306 g/mol. The van der Waals surface area contributed by atoms with Gasteiger partial charge in [-0.2, -0.15) is 0 Å². The predicted molar refractivity (Wildman–Crippen MR) is 86.7 cm³/mol. The number of aromatic nitrogens is 2. The second kappa shape index (κ2) is 6.54. The molecule has 2 N–H and O–H groups in total. The van der Waals surface area contributed by atoms with E-state index in [1.54, 1.807) is 6.92 Å². The zero-order valence-electron chi connectivity index (χ0n) is 12.4. The molecule has 7 heteroatoms. The van der Waals surface area contributed by atoms with E-state index in [0.29, 0.717) is 13.1 Å². The fraction of sp³-hybridized carbons (Fsp3) is 0.467. The number of aliphatic carboxylic acids is 1. The molecule has 0 radical (unpaired) electrons. The molecule has 1 aliphatic rings. The second-order valence-corrected chi connectivity index (χ2v) is 5.60. The maximum absolute atomic E-state index is 12.2. The smallest absolute Gasteiger partial charge is 0.326 e. The van der Waals surface area contributed by atoms with Crippen LogP contribution in [0, 0.1) is 0 Å². The SMILES string of the molecule is CC(C(=O)O)N1CCC(n2c(=O)[nH]c3ccccc32)CC1.Cl. The molecule has 1 aliphatic heterocycles. The average Bonchev–Trinajstić information content (AvgIpc) is 2.82. The number of carbonyl (C=O) groups is 1. The van der Waals surface area contributed by atoms with Crippen molar-refractivity contribution in [2.45, 2.75) is 31.8 Å². The van der Waals surface area contributed by atoms with Crippen LogP contribution in [0.5, 0.6) is 0 Å². The van der Waals surface area contributed by atoms with Crippen LogP contribution in [0.1, 0.15) is 25.8 Å². The zero-order chi connectivity index (χ0) is 15.0. The molecule has 6 nitrogen and oxygen atoms in total. The van der Waals surface area contributed by atoms with E-state index in [0.717, 1.165) is 23.9 Å². The molecule has 2 heterocycles. The Bertz CT molecular complexity index is 716. The number of H-pyrrole nitrogens is 1. The number of imidazole rings is 1. The number of carboxylic acids is 1. The summed E-state index contributed by atoms with van der Waals surface area (Å²) in [5, 5.41) is 9.07. The minimum absolute atomic E-state index is 0. The topological polar surface area (TPSA) is 78.3 Å². The van der Waals surface area contributed by atoms with Gasteiger partial charge in [-0.1, -0.05) is 12.1 Å². The Morgan fingerprint density at radius 3 is 2.59 bits per heavy atom. The summed E-state index contributed by atoms with van der Waals surface area (Å²) in [6.07, 6.45) is 1.58. The molecule has 22 heavy (non-hydrogen) atoms. The van der Waals surface area contributed by atoms with Crippen molar-refractivity contribution in [1.29, 1.82) is 0 Å². The number of likely N-dealkylation sites (tertiary alicyclic amines) is 1. The zero-order valence-corrected chi connectivity index (χ0v) is 13.2. The molecule has 0 aliphatic carbocycles. The summed E-state index contributed by atoms with van der Waals surface area (Å²) in [7, 11) is 0. The molecule has 1 saturated heterocycles. The Labute approximate surface area is 134 Å². The first-order chi connectivity index (χ1) is 10.1. The predicted octanol–water partition coefficient (Wildman–Crippen LogP) is 1.86. The highest BCUT2D eigenvalue weighted by Crippen LogP contribution is 2.25. The first-order valence-corrected chi connectivity index (χ1v) is 7.24. The van der Waals surface area contributed by atoms with Gasteiger partial charge in [0.05, 0.1) is 11.0 Å². The van der Waals surface area contributed by atoms with Crippen LogP contribution in [-0.2, 0) is 4.79 Å². The molecule has 0 saturated carbocycles. The van der Waals surface area contributed by atoms with E-state index < -0.39 is 12.0 Å². The minimum Gasteiger partial charge on any atom is -0.480 e. The van der Waals surface area contributed by atoms with Crippen LogP contribution in [0.2, 0.25) is 0 Å². The van der Waals surface area contributed by atoms with Crippen molar-refractivity contribution in [3.8, 4) is 0 Å². The molecule has 1 fully saturated rings. The van der Waals surface area contributed by atoms with Crippen molar-refractivity contribution in [1.82, 2.24) is 14.5 Å². The summed E-state index contributed by atoms with van der Waals surface area (Å²) in [6, 6.07) is 7.33. The van der Waals surface area contributed by atoms with Crippen molar-refractivity contribution in [3.05, 3.63) is 34.7 Å². The molecule has 0 bridgehead atoms. The van der Waals surface area contributed by atoms with Gasteiger partial charge in [0.15, 0.2) is 0 Å². The van der Waals surface area contributed by atoms with Crippen LogP contribution in [0.25, 0.3) is 11.0 Å². The number of hydrogen-bond donors (Lipinski definition) is 2. The Balaban J connectivity index is 0.00000176. The quantitative estimate of drug-likeness (QED) is 0.903. The molecule has 0 spiro atoms. The number of nitrogens with zero attached hydrogens (tertiary/aromatic N) is 2. The van der Waals surface area contributed by atoms with Gasteiger partial charge in [-0.15, -0.1) is 12.4 Å². The first kappa shape index (κ1) is 16.6. The van der Waals surface area contributed by atoms with Gasteiger partial charge in [0.1, 0.15) is 6.04 Å². The monoisotopic (exact) mass is 325 g/mol. The molecular formula is C15H20ClN3O3. The lowest BCUT2D eigenvalue weighted by Gasteiger charge is -2.34. The molecule has 0 amide bonds. The second-order valence-electron chi connectivity index (χ2n) is 5.60. The Hall–Kier alpha value is -1.79. The average molecular weight is 326 g/mol. The summed E-state index contributed by atoms with van der Waals surface area (Å²) in [5.41, 5.74) is 1.69. The van der Waals surface area contributed by atoms with E-state index in [4.69, 9.17) is 5.11 Å². The van der Waals surface area contributed by atoms with Crippen molar-refractivity contribution < 1.29 is 9.90 Å². The lowest BCUT2D eigenvalue weighted by Crippen LogP contribution is -2.45. The summed E-state index contributed by atoms with van der Waals surface area (Å²) < 4.78 is 1.82. The number of fused-ring (bicyclic) bond motifs is 1. The standard InChI is InChI=1S/C15H19N3O3.ClH/c1-10(14(19)20)17-8-6-11(7-9-17)18-13-5-3-2-4-12(13)16-15(18)21;/h2-5,10-11H,6-9H2,1H3,(H,16,21)(H,19,20);1H. The number of carboxylic acid groups (broad SMARTS) is 1. The van der Waals surface area contributed by atoms with Gasteiger partial charge >= 0.3 is 11.7 Å².